The summed E-state index contributed by atoms with van der Waals surface area (Å²) in [5.41, 5.74) is 4.26. The van der Waals surface area contributed by atoms with Gasteiger partial charge in [-0.05, 0) is 55.8 Å². The first-order chi connectivity index (χ1) is 10.6. The Balaban J connectivity index is 1.92. The van der Waals surface area contributed by atoms with Crippen LogP contribution in [0.4, 0.5) is 5.69 Å². The van der Waals surface area contributed by atoms with E-state index >= 15 is 0 Å². The van der Waals surface area contributed by atoms with Crippen molar-refractivity contribution in [2.45, 2.75) is 20.0 Å². The number of ether oxygens (including phenoxy) is 1. The van der Waals surface area contributed by atoms with Crippen LogP contribution in [0, 0.1) is 6.92 Å². The Hall–Kier alpha value is -2.56. The SMILES string of the molecule is COc1ccc(N(C)C(C)n2nnc3cc(C)ccc32)cc1. The molecule has 114 valence electrons. The summed E-state index contributed by atoms with van der Waals surface area (Å²) < 4.78 is 7.15. The van der Waals surface area contributed by atoms with E-state index in [2.05, 4.69) is 47.3 Å². The summed E-state index contributed by atoms with van der Waals surface area (Å²) in [7, 11) is 3.72. The fourth-order valence-electron chi connectivity index (χ4n) is 2.53. The van der Waals surface area contributed by atoms with Crippen molar-refractivity contribution in [2.75, 3.05) is 19.1 Å². The van der Waals surface area contributed by atoms with Crippen LogP contribution in [-0.2, 0) is 0 Å². The largest absolute Gasteiger partial charge is 0.497 e. The van der Waals surface area contributed by atoms with E-state index < -0.39 is 0 Å². The van der Waals surface area contributed by atoms with E-state index in [-0.39, 0.29) is 6.17 Å². The summed E-state index contributed by atoms with van der Waals surface area (Å²) in [4.78, 5) is 2.16. The van der Waals surface area contributed by atoms with E-state index in [0.29, 0.717) is 0 Å². The highest BCUT2D eigenvalue weighted by Crippen LogP contribution is 2.25. The van der Waals surface area contributed by atoms with E-state index in [9.17, 15) is 0 Å². The summed E-state index contributed by atoms with van der Waals surface area (Å²) in [6.45, 7) is 4.17. The van der Waals surface area contributed by atoms with Gasteiger partial charge in [-0.25, -0.2) is 4.68 Å². The van der Waals surface area contributed by atoms with Crippen molar-refractivity contribution in [3.8, 4) is 5.75 Å². The maximum absolute atomic E-state index is 5.20. The normalized spacial score (nSPS) is 12.4. The number of hydrogen-bond acceptors (Lipinski definition) is 4. The number of nitrogens with zero attached hydrogens (tertiary/aromatic N) is 4. The molecule has 0 aliphatic carbocycles. The molecular weight excluding hydrogens is 276 g/mol. The summed E-state index contributed by atoms with van der Waals surface area (Å²) in [6, 6.07) is 14.2. The molecule has 1 atom stereocenters. The molecule has 0 aliphatic rings. The minimum absolute atomic E-state index is 0.0566. The predicted octanol–water partition coefficient (Wildman–Crippen LogP) is 3.40. The van der Waals surface area contributed by atoms with Crippen LogP contribution < -0.4 is 9.64 Å². The van der Waals surface area contributed by atoms with Crippen LogP contribution >= 0.6 is 0 Å². The Labute approximate surface area is 130 Å². The van der Waals surface area contributed by atoms with Crippen molar-refractivity contribution in [2.24, 2.45) is 0 Å². The number of benzene rings is 2. The van der Waals surface area contributed by atoms with Gasteiger partial charge in [-0.15, -0.1) is 5.10 Å². The molecule has 1 heterocycles. The van der Waals surface area contributed by atoms with Crippen LogP contribution in [0.15, 0.2) is 42.5 Å². The lowest BCUT2D eigenvalue weighted by molar-refractivity contribution is 0.414. The maximum Gasteiger partial charge on any atom is 0.122 e. The lowest BCUT2D eigenvalue weighted by atomic mass is 10.2. The smallest absolute Gasteiger partial charge is 0.122 e. The monoisotopic (exact) mass is 296 g/mol. The molecule has 0 saturated carbocycles. The number of methoxy groups -OCH3 is 1. The van der Waals surface area contributed by atoms with Crippen LogP contribution in [-0.4, -0.2) is 29.2 Å². The molecule has 3 rings (SSSR count). The van der Waals surface area contributed by atoms with E-state index in [1.165, 1.54) is 5.56 Å². The van der Waals surface area contributed by atoms with Crippen molar-refractivity contribution >= 4 is 16.7 Å². The lowest BCUT2D eigenvalue weighted by Crippen LogP contribution is -2.27. The third-order valence-corrected chi connectivity index (χ3v) is 4.02. The average molecular weight is 296 g/mol. The second-order valence-electron chi connectivity index (χ2n) is 5.47. The van der Waals surface area contributed by atoms with Gasteiger partial charge in [0, 0.05) is 12.7 Å². The molecule has 0 aliphatic heterocycles. The Morgan fingerprint density at radius 2 is 1.86 bits per heavy atom. The zero-order chi connectivity index (χ0) is 15.7. The van der Waals surface area contributed by atoms with E-state index in [0.717, 1.165) is 22.5 Å². The number of fused-ring (bicyclic) bond motifs is 1. The Morgan fingerprint density at radius 1 is 1.14 bits per heavy atom. The minimum Gasteiger partial charge on any atom is -0.497 e. The summed E-state index contributed by atoms with van der Waals surface area (Å²) in [5.74, 6) is 0.853. The molecular formula is C17H20N4O. The molecule has 5 nitrogen and oxygen atoms in total. The Morgan fingerprint density at radius 3 is 2.55 bits per heavy atom. The standard InChI is InChI=1S/C17H20N4O/c1-12-5-10-17-16(11-12)18-19-21(17)13(2)20(3)14-6-8-15(22-4)9-7-14/h5-11,13H,1-4H3. The highest BCUT2D eigenvalue weighted by molar-refractivity contribution is 5.75. The van der Waals surface area contributed by atoms with Gasteiger partial charge in [0.1, 0.15) is 17.4 Å². The van der Waals surface area contributed by atoms with Crippen molar-refractivity contribution in [3.05, 3.63) is 48.0 Å². The average Bonchev–Trinajstić information content (AvgIpc) is 2.96. The summed E-state index contributed by atoms with van der Waals surface area (Å²) in [6.07, 6.45) is 0.0566. The van der Waals surface area contributed by atoms with E-state index in [1.54, 1.807) is 7.11 Å². The van der Waals surface area contributed by atoms with Gasteiger partial charge < -0.3 is 9.64 Å². The third-order valence-electron chi connectivity index (χ3n) is 4.02. The minimum atomic E-state index is 0.0566. The zero-order valence-corrected chi connectivity index (χ0v) is 13.3. The quantitative estimate of drug-likeness (QED) is 0.740. The highest BCUT2D eigenvalue weighted by Gasteiger charge is 2.16. The van der Waals surface area contributed by atoms with Crippen LogP contribution in [0.5, 0.6) is 5.75 Å². The lowest BCUT2D eigenvalue weighted by Gasteiger charge is -2.27. The van der Waals surface area contributed by atoms with Gasteiger partial charge in [-0.1, -0.05) is 11.3 Å². The summed E-state index contributed by atoms with van der Waals surface area (Å²) >= 11 is 0. The van der Waals surface area contributed by atoms with Crippen LogP contribution in [0.25, 0.3) is 11.0 Å². The second kappa shape index (κ2) is 5.67. The highest BCUT2D eigenvalue weighted by atomic mass is 16.5. The second-order valence-corrected chi connectivity index (χ2v) is 5.47. The van der Waals surface area contributed by atoms with Crippen LogP contribution in [0.3, 0.4) is 0 Å². The fraction of sp³-hybridized carbons (Fsp3) is 0.294. The van der Waals surface area contributed by atoms with Crippen LogP contribution in [0.2, 0.25) is 0 Å². The number of rotatable bonds is 4. The molecule has 1 aromatic heterocycles. The topological polar surface area (TPSA) is 43.2 Å². The van der Waals surface area contributed by atoms with Gasteiger partial charge in [0.2, 0.25) is 0 Å². The molecule has 0 spiro atoms. The van der Waals surface area contributed by atoms with Crippen LogP contribution in [0.1, 0.15) is 18.7 Å². The fourth-order valence-corrected chi connectivity index (χ4v) is 2.53. The van der Waals surface area contributed by atoms with Crippen molar-refractivity contribution in [1.82, 2.24) is 15.0 Å². The van der Waals surface area contributed by atoms with Crippen molar-refractivity contribution in [3.63, 3.8) is 0 Å². The molecule has 3 aromatic rings. The first kappa shape index (κ1) is 14.4. The number of aryl methyl sites for hydroxylation is 1. The third kappa shape index (κ3) is 2.50. The van der Waals surface area contributed by atoms with Gasteiger partial charge in [-0.3, -0.25) is 0 Å². The van der Waals surface area contributed by atoms with Gasteiger partial charge >= 0.3 is 0 Å². The van der Waals surface area contributed by atoms with Gasteiger partial charge in [-0.2, -0.15) is 0 Å². The molecule has 22 heavy (non-hydrogen) atoms. The van der Waals surface area contributed by atoms with Crippen molar-refractivity contribution in [1.29, 1.82) is 0 Å². The molecule has 0 fully saturated rings. The molecule has 2 aromatic carbocycles. The number of aromatic nitrogens is 3. The Bertz CT molecular complexity index is 779. The van der Waals surface area contributed by atoms with Gasteiger partial charge in [0.05, 0.1) is 12.6 Å². The van der Waals surface area contributed by atoms with Gasteiger partial charge in [0.15, 0.2) is 0 Å². The number of anilines is 1. The molecule has 0 N–H and O–H groups in total. The first-order valence-electron chi connectivity index (χ1n) is 7.28. The zero-order valence-electron chi connectivity index (χ0n) is 13.3. The molecule has 0 amide bonds. The number of hydrogen-bond donors (Lipinski definition) is 0. The maximum atomic E-state index is 5.20. The molecule has 0 saturated heterocycles. The van der Waals surface area contributed by atoms with Crippen molar-refractivity contribution < 1.29 is 4.74 Å². The van der Waals surface area contributed by atoms with E-state index in [4.69, 9.17) is 4.74 Å². The predicted molar refractivity (Wildman–Crippen MR) is 88.4 cm³/mol. The first-order valence-corrected chi connectivity index (χ1v) is 7.28. The van der Waals surface area contributed by atoms with E-state index in [1.807, 2.05) is 36.0 Å². The molecule has 0 radical (unpaired) electrons. The van der Waals surface area contributed by atoms with Gasteiger partial charge in [0.25, 0.3) is 0 Å². The molecule has 0 bridgehead atoms. The Kier molecular flexibility index (Phi) is 3.71. The summed E-state index contributed by atoms with van der Waals surface area (Å²) in [5, 5.41) is 8.59. The molecule has 1 unspecified atom stereocenters. The molecule has 5 heteroatoms.